The lowest BCUT2D eigenvalue weighted by atomic mass is 10.1. The van der Waals surface area contributed by atoms with Gasteiger partial charge in [0.15, 0.2) is 10.1 Å². The molecule has 27 heavy (non-hydrogen) atoms. The third-order valence-corrected chi connectivity index (χ3v) is 5.68. The standard InChI is InChI=1S/C19H19N3O3S2/c1-12-5-4-6-13(9-12)20-18-21-22-19(27-18)26-11-16(23)15-10-14(24-2)7-8-17(15)25-3/h4-10H,11H2,1-3H3,(H,20,21). The number of methoxy groups -OCH3 is 2. The van der Waals surface area contributed by atoms with Gasteiger partial charge in [-0.25, -0.2) is 0 Å². The number of Topliss-reactive ketones (excluding diaryl/α,β-unsaturated/α-hetero) is 1. The smallest absolute Gasteiger partial charge is 0.210 e. The fourth-order valence-corrected chi connectivity index (χ4v) is 4.06. The number of aryl methyl sites for hydroxylation is 1. The number of ketones is 1. The summed E-state index contributed by atoms with van der Waals surface area (Å²) in [6, 6.07) is 13.2. The summed E-state index contributed by atoms with van der Waals surface area (Å²) < 4.78 is 11.2. The number of rotatable bonds is 8. The molecule has 0 unspecified atom stereocenters. The summed E-state index contributed by atoms with van der Waals surface area (Å²) >= 11 is 2.76. The fourth-order valence-electron chi connectivity index (χ4n) is 2.40. The summed E-state index contributed by atoms with van der Waals surface area (Å²) in [5.74, 6) is 1.33. The lowest BCUT2D eigenvalue weighted by Gasteiger charge is -2.09. The van der Waals surface area contributed by atoms with E-state index in [1.807, 2.05) is 31.2 Å². The van der Waals surface area contributed by atoms with E-state index in [2.05, 4.69) is 15.5 Å². The second kappa shape index (κ2) is 8.88. The fraction of sp³-hybridized carbons (Fsp3) is 0.211. The number of anilines is 2. The van der Waals surface area contributed by atoms with Crippen molar-refractivity contribution in [3.8, 4) is 11.5 Å². The molecule has 0 aliphatic carbocycles. The minimum Gasteiger partial charge on any atom is -0.497 e. The number of carbonyl (C=O) groups excluding carboxylic acids is 1. The number of nitrogens with zero attached hydrogens (tertiary/aromatic N) is 2. The molecule has 0 amide bonds. The van der Waals surface area contributed by atoms with Crippen LogP contribution in [0.5, 0.6) is 11.5 Å². The van der Waals surface area contributed by atoms with Crippen LogP contribution in [0.1, 0.15) is 15.9 Å². The molecule has 2 aromatic carbocycles. The van der Waals surface area contributed by atoms with Crippen LogP contribution in [-0.4, -0.2) is 36.0 Å². The molecule has 8 heteroatoms. The molecular formula is C19H19N3O3S2. The van der Waals surface area contributed by atoms with Crippen LogP contribution in [-0.2, 0) is 0 Å². The summed E-state index contributed by atoms with van der Waals surface area (Å²) in [5, 5.41) is 12.2. The number of carbonyl (C=O) groups is 1. The molecule has 3 rings (SSSR count). The summed E-state index contributed by atoms with van der Waals surface area (Å²) in [6.07, 6.45) is 0. The monoisotopic (exact) mass is 401 g/mol. The minimum absolute atomic E-state index is 0.0563. The van der Waals surface area contributed by atoms with Crippen molar-refractivity contribution in [3.05, 3.63) is 53.6 Å². The first kappa shape index (κ1) is 19.2. The maximum atomic E-state index is 12.6. The maximum absolute atomic E-state index is 12.6. The maximum Gasteiger partial charge on any atom is 0.210 e. The Morgan fingerprint density at radius 3 is 2.74 bits per heavy atom. The third-order valence-electron chi connectivity index (χ3n) is 3.71. The number of ether oxygens (including phenoxy) is 2. The van der Waals surface area contributed by atoms with Gasteiger partial charge in [0.1, 0.15) is 11.5 Å². The molecule has 6 nitrogen and oxygen atoms in total. The third kappa shape index (κ3) is 4.99. The highest BCUT2D eigenvalue weighted by Gasteiger charge is 2.15. The minimum atomic E-state index is -0.0563. The van der Waals surface area contributed by atoms with Crippen LogP contribution in [0.4, 0.5) is 10.8 Å². The van der Waals surface area contributed by atoms with Gasteiger partial charge in [-0.3, -0.25) is 4.79 Å². The first-order valence-electron chi connectivity index (χ1n) is 8.14. The average molecular weight is 402 g/mol. The van der Waals surface area contributed by atoms with Gasteiger partial charge in [-0.1, -0.05) is 35.2 Å². The number of benzene rings is 2. The van der Waals surface area contributed by atoms with E-state index in [9.17, 15) is 4.79 Å². The number of hydrogen-bond donors (Lipinski definition) is 1. The highest BCUT2D eigenvalue weighted by molar-refractivity contribution is 8.01. The molecule has 0 atom stereocenters. The van der Waals surface area contributed by atoms with Crippen molar-refractivity contribution in [2.24, 2.45) is 0 Å². The van der Waals surface area contributed by atoms with Crippen LogP contribution < -0.4 is 14.8 Å². The topological polar surface area (TPSA) is 73.3 Å². The van der Waals surface area contributed by atoms with Gasteiger partial charge in [0, 0.05) is 5.69 Å². The average Bonchev–Trinajstić information content (AvgIpc) is 3.12. The normalized spacial score (nSPS) is 10.5. The van der Waals surface area contributed by atoms with Gasteiger partial charge in [-0.05, 0) is 42.8 Å². The van der Waals surface area contributed by atoms with Crippen molar-refractivity contribution in [2.45, 2.75) is 11.3 Å². The first-order chi connectivity index (χ1) is 13.1. The number of aromatic nitrogens is 2. The van der Waals surface area contributed by atoms with Gasteiger partial charge in [-0.15, -0.1) is 10.2 Å². The lowest BCUT2D eigenvalue weighted by Crippen LogP contribution is -2.05. The Bertz CT molecular complexity index is 943. The Labute approximate surface area is 165 Å². The van der Waals surface area contributed by atoms with Crippen LogP contribution in [0.3, 0.4) is 0 Å². The molecular weight excluding hydrogens is 382 g/mol. The largest absolute Gasteiger partial charge is 0.497 e. The van der Waals surface area contributed by atoms with Crippen LogP contribution in [0, 0.1) is 6.92 Å². The second-order valence-electron chi connectivity index (χ2n) is 5.65. The molecule has 1 aromatic heterocycles. The number of thioether (sulfide) groups is 1. The molecule has 0 saturated carbocycles. The van der Waals surface area contributed by atoms with Gasteiger partial charge in [0.25, 0.3) is 0 Å². The van der Waals surface area contributed by atoms with E-state index in [1.165, 1.54) is 23.1 Å². The van der Waals surface area contributed by atoms with E-state index in [-0.39, 0.29) is 11.5 Å². The molecule has 140 valence electrons. The Hall–Kier alpha value is -2.58. The molecule has 0 aliphatic heterocycles. The van der Waals surface area contributed by atoms with Crippen LogP contribution >= 0.6 is 23.1 Å². The summed E-state index contributed by atoms with van der Waals surface area (Å²) in [4.78, 5) is 12.6. The van der Waals surface area contributed by atoms with Crippen molar-refractivity contribution in [1.29, 1.82) is 0 Å². The molecule has 0 radical (unpaired) electrons. The van der Waals surface area contributed by atoms with Crippen molar-refractivity contribution in [1.82, 2.24) is 10.2 Å². The molecule has 1 N–H and O–H groups in total. The molecule has 0 saturated heterocycles. The van der Waals surface area contributed by atoms with Gasteiger partial charge < -0.3 is 14.8 Å². The molecule has 0 fully saturated rings. The van der Waals surface area contributed by atoms with Gasteiger partial charge in [0.2, 0.25) is 5.13 Å². The van der Waals surface area contributed by atoms with E-state index in [0.29, 0.717) is 22.2 Å². The van der Waals surface area contributed by atoms with E-state index >= 15 is 0 Å². The summed E-state index contributed by atoms with van der Waals surface area (Å²) in [7, 11) is 3.11. The van der Waals surface area contributed by atoms with E-state index < -0.39 is 0 Å². The second-order valence-corrected chi connectivity index (χ2v) is 7.85. The molecule has 0 bridgehead atoms. The summed E-state index contributed by atoms with van der Waals surface area (Å²) in [6.45, 7) is 2.03. The van der Waals surface area contributed by atoms with Crippen LogP contribution in [0.25, 0.3) is 0 Å². The van der Waals surface area contributed by atoms with E-state index in [0.717, 1.165) is 15.6 Å². The predicted molar refractivity (Wildman–Crippen MR) is 109 cm³/mol. The Kier molecular flexibility index (Phi) is 6.31. The first-order valence-corrected chi connectivity index (χ1v) is 9.94. The number of nitrogens with one attached hydrogen (secondary N) is 1. The molecule has 1 heterocycles. The Morgan fingerprint density at radius 2 is 2.00 bits per heavy atom. The highest BCUT2D eigenvalue weighted by atomic mass is 32.2. The van der Waals surface area contributed by atoms with Crippen molar-refractivity contribution >= 4 is 39.7 Å². The van der Waals surface area contributed by atoms with Gasteiger partial charge in [-0.2, -0.15) is 0 Å². The zero-order valence-electron chi connectivity index (χ0n) is 15.2. The predicted octanol–water partition coefficient (Wildman–Crippen LogP) is 4.58. The van der Waals surface area contributed by atoms with Crippen molar-refractivity contribution in [2.75, 3.05) is 25.3 Å². The summed E-state index contributed by atoms with van der Waals surface area (Å²) in [5.41, 5.74) is 2.61. The van der Waals surface area contributed by atoms with E-state index in [4.69, 9.17) is 9.47 Å². The highest BCUT2D eigenvalue weighted by Crippen LogP contribution is 2.30. The van der Waals surface area contributed by atoms with Gasteiger partial charge in [0.05, 0.1) is 25.5 Å². The van der Waals surface area contributed by atoms with Crippen LogP contribution in [0.15, 0.2) is 46.8 Å². The zero-order chi connectivity index (χ0) is 19.2. The Morgan fingerprint density at radius 1 is 1.15 bits per heavy atom. The van der Waals surface area contributed by atoms with Crippen molar-refractivity contribution in [3.63, 3.8) is 0 Å². The number of hydrogen-bond acceptors (Lipinski definition) is 8. The quantitative estimate of drug-likeness (QED) is 0.437. The molecule has 0 aliphatic rings. The zero-order valence-corrected chi connectivity index (χ0v) is 16.8. The lowest BCUT2D eigenvalue weighted by molar-refractivity contribution is 0.101. The van der Waals surface area contributed by atoms with Gasteiger partial charge >= 0.3 is 0 Å². The SMILES string of the molecule is COc1ccc(OC)c(C(=O)CSc2nnc(Nc3cccc(C)c3)s2)c1. The van der Waals surface area contributed by atoms with Crippen LogP contribution in [0.2, 0.25) is 0 Å². The Balaban J connectivity index is 1.64. The van der Waals surface area contributed by atoms with Crippen molar-refractivity contribution < 1.29 is 14.3 Å². The van der Waals surface area contributed by atoms with E-state index in [1.54, 1.807) is 32.4 Å². The molecule has 3 aromatic rings. The molecule has 0 spiro atoms.